The van der Waals surface area contributed by atoms with Gasteiger partial charge in [0.15, 0.2) is 6.61 Å². The van der Waals surface area contributed by atoms with Crippen molar-refractivity contribution in [3.63, 3.8) is 0 Å². The van der Waals surface area contributed by atoms with Crippen LogP contribution in [0.2, 0.25) is 0 Å². The molecule has 32 heavy (non-hydrogen) atoms. The molecule has 4 bridgehead atoms. The number of hydrogen-bond acceptors (Lipinski definition) is 5. The summed E-state index contributed by atoms with van der Waals surface area (Å²) in [6.45, 7) is 0.833. The minimum atomic E-state index is -3.55. The van der Waals surface area contributed by atoms with E-state index >= 15 is 0 Å². The van der Waals surface area contributed by atoms with Gasteiger partial charge in [-0.2, -0.15) is 4.31 Å². The van der Waals surface area contributed by atoms with E-state index in [0.717, 1.165) is 37.0 Å². The molecule has 0 aromatic heterocycles. The van der Waals surface area contributed by atoms with Gasteiger partial charge in [-0.15, -0.1) is 0 Å². The first-order chi connectivity index (χ1) is 15.3. The zero-order valence-corrected chi connectivity index (χ0v) is 19.3. The van der Waals surface area contributed by atoms with E-state index in [1.165, 1.54) is 23.6 Å². The first kappa shape index (κ1) is 21.9. The fourth-order valence-corrected chi connectivity index (χ4v) is 8.46. The van der Waals surface area contributed by atoms with Crippen molar-refractivity contribution in [2.24, 2.45) is 23.2 Å². The van der Waals surface area contributed by atoms with E-state index < -0.39 is 10.0 Å². The quantitative estimate of drug-likeness (QED) is 0.610. The maximum Gasteiger partial charge on any atom is 0.306 e. The molecule has 4 aliphatic carbocycles. The molecule has 5 fully saturated rings. The smallest absolute Gasteiger partial charge is 0.306 e. The van der Waals surface area contributed by atoms with E-state index in [0.29, 0.717) is 19.5 Å². The third-order valence-electron chi connectivity index (χ3n) is 8.01. The lowest BCUT2D eigenvalue weighted by molar-refractivity contribution is -0.158. The molecule has 0 unspecified atom stereocenters. The lowest BCUT2D eigenvalue weighted by Gasteiger charge is -2.56. The highest BCUT2D eigenvalue weighted by atomic mass is 32.2. The van der Waals surface area contributed by atoms with Crippen molar-refractivity contribution < 1.29 is 22.7 Å². The monoisotopic (exact) mass is 460 g/mol. The van der Waals surface area contributed by atoms with Crippen molar-refractivity contribution in [3.8, 4) is 0 Å². The van der Waals surface area contributed by atoms with Gasteiger partial charge in [0.25, 0.3) is 5.91 Å². The minimum absolute atomic E-state index is 0.103. The summed E-state index contributed by atoms with van der Waals surface area (Å²) in [5.41, 5.74) is 0.103. The first-order valence-electron chi connectivity index (χ1n) is 11.8. The van der Waals surface area contributed by atoms with Crippen molar-refractivity contribution in [1.29, 1.82) is 0 Å². The van der Waals surface area contributed by atoms with E-state index in [4.69, 9.17) is 4.74 Å². The molecule has 1 saturated heterocycles. The van der Waals surface area contributed by atoms with Crippen LogP contribution in [-0.4, -0.2) is 62.3 Å². The molecule has 0 N–H and O–H groups in total. The number of carbonyl (C=O) groups is 2. The summed E-state index contributed by atoms with van der Waals surface area (Å²) in [6, 6.07) is 8.33. The molecule has 0 atom stereocenters. The molecule has 8 heteroatoms. The first-order valence-corrected chi connectivity index (χ1v) is 13.3. The van der Waals surface area contributed by atoms with Gasteiger partial charge in [0, 0.05) is 26.2 Å². The van der Waals surface area contributed by atoms with Crippen LogP contribution in [0.1, 0.15) is 44.9 Å². The molecular formula is C24H32N2O5S. The highest BCUT2D eigenvalue weighted by molar-refractivity contribution is 7.89. The molecule has 1 aromatic carbocycles. The normalized spacial score (nSPS) is 32.1. The highest BCUT2D eigenvalue weighted by Gasteiger charge is 2.51. The van der Waals surface area contributed by atoms with E-state index in [-0.39, 0.29) is 41.9 Å². The summed E-state index contributed by atoms with van der Waals surface area (Å²) >= 11 is 0. The highest BCUT2D eigenvalue weighted by Crippen LogP contribution is 2.61. The number of sulfonamides is 1. The van der Waals surface area contributed by atoms with Crippen molar-refractivity contribution in [2.45, 2.75) is 49.8 Å². The Morgan fingerprint density at radius 3 is 2.03 bits per heavy atom. The molecule has 1 aliphatic heterocycles. The maximum absolute atomic E-state index is 12.7. The topological polar surface area (TPSA) is 84.0 Å². The van der Waals surface area contributed by atoms with Gasteiger partial charge in [0.2, 0.25) is 10.0 Å². The Morgan fingerprint density at radius 1 is 0.906 bits per heavy atom. The van der Waals surface area contributed by atoms with Gasteiger partial charge in [-0.25, -0.2) is 8.42 Å². The number of ether oxygens (including phenoxy) is 1. The Labute approximate surface area is 190 Å². The van der Waals surface area contributed by atoms with Gasteiger partial charge < -0.3 is 9.64 Å². The number of rotatable bonds is 6. The van der Waals surface area contributed by atoms with Crippen LogP contribution in [-0.2, 0) is 24.3 Å². The fourth-order valence-electron chi connectivity index (χ4n) is 7.02. The van der Waals surface area contributed by atoms with Gasteiger partial charge >= 0.3 is 5.97 Å². The molecule has 6 rings (SSSR count). The molecule has 1 aromatic rings. The predicted molar refractivity (Wildman–Crippen MR) is 118 cm³/mol. The average molecular weight is 461 g/mol. The Bertz CT molecular complexity index is 934. The molecule has 1 amide bonds. The van der Waals surface area contributed by atoms with Crippen LogP contribution in [0.3, 0.4) is 0 Å². The van der Waals surface area contributed by atoms with E-state index in [2.05, 4.69) is 0 Å². The third kappa shape index (κ3) is 4.31. The summed E-state index contributed by atoms with van der Waals surface area (Å²) in [4.78, 5) is 27.0. The standard InChI is InChI=1S/C24H32N2O5S/c27-22(25-6-8-26(9-7-25)32(29,30)21-4-2-1-3-5-21)17-31-23(28)16-24-13-18-10-19(14-24)12-20(11-18)15-24/h1-5,18-20H,6-17H2. The summed E-state index contributed by atoms with van der Waals surface area (Å²) < 4.78 is 32.3. The van der Waals surface area contributed by atoms with E-state index in [1.807, 2.05) is 0 Å². The Balaban J connectivity index is 1.09. The lowest BCUT2D eigenvalue weighted by atomic mass is 9.49. The van der Waals surface area contributed by atoms with Crippen LogP contribution in [0, 0.1) is 23.2 Å². The molecule has 174 valence electrons. The Morgan fingerprint density at radius 2 is 1.47 bits per heavy atom. The number of esters is 1. The molecule has 4 saturated carbocycles. The van der Waals surface area contributed by atoms with E-state index in [1.54, 1.807) is 35.2 Å². The van der Waals surface area contributed by atoms with E-state index in [9.17, 15) is 18.0 Å². The average Bonchev–Trinajstić information content (AvgIpc) is 2.77. The number of benzene rings is 1. The predicted octanol–water partition coefficient (Wildman–Crippen LogP) is 2.67. The summed E-state index contributed by atoms with van der Waals surface area (Å²) in [5.74, 6) is 1.82. The number of amides is 1. The molecule has 0 radical (unpaired) electrons. The lowest BCUT2D eigenvalue weighted by Crippen LogP contribution is -2.51. The van der Waals surface area contributed by atoms with Crippen molar-refractivity contribution in [3.05, 3.63) is 30.3 Å². The number of nitrogens with zero attached hydrogens (tertiary/aromatic N) is 2. The molecule has 1 heterocycles. The van der Waals surface area contributed by atoms with Gasteiger partial charge in [-0.1, -0.05) is 18.2 Å². The number of piperazine rings is 1. The second-order valence-corrected chi connectivity index (χ2v) is 12.3. The zero-order valence-electron chi connectivity index (χ0n) is 18.4. The Kier molecular flexibility index (Phi) is 5.78. The molecule has 5 aliphatic rings. The van der Waals surface area contributed by atoms with Crippen LogP contribution in [0.4, 0.5) is 0 Å². The molecule has 0 spiro atoms. The SMILES string of the molecule is O=C(CC12CC3CC(CC(C3)C1)C2)OCC(=O)N1CCN(S(=O)(=O)c2ccccc2)CC1. The van der Waals surface area contributed by atoms with Crippen molar-refractivity contribution in [1.82, 2.24) is 9.21 Å². The van der Waals surface area contributed by atoms with Gasteiger partial charge in [0.05, 0.1) is 11.3 Å². The Hall–Kier alpha value is -1.93. The number of carbonyl (C=O) groups excluding carboxylic acids is 2. The third-order valence-corrected chi connectivity index (χ3v) is 9.93. The van der Waals surface area contributed by atoms with Crippen LogP contribution in [0.15, 0.2) is 35.2 Å². The van der Waals surface area contributed by atoms with Gasteiger partial charge in [-0.3, -0.25) is 9.59 Å². The maximum atomic E-state index is 12.7. The largest absolute Gasteiger partial charge is 0.456 e. The van der Waals surface area contributed by atoms with Crippen molar-refractivity contribution >= 4 is 21.9 Å². The minimum Gasteiger partial charge on any atom is -0.456 e. The summed E-state index contributed by atoms with van der Waals surface area (Å²) in [5, 5.41) is 0. The number of hydrogen-bond donors (Lipinski definition) is 0. The molecular weight excluding hydrogens is 428 g/mol. The van der Waals surface area contributed by atoms with Gasteiger partial charge in [-0.05, 0) is 73.8 Å². The van der Waals surface area contributed by atoms with Crippen LogP contribution < -0.4 is 0 Å². The van der Waals surface area contributed by atoms with Crippen LogP contribution >= 0.6 is 0 Å². The fraction of sp³-hybridized carbons (Fsp3) is 0.667. The molecule has 7 nitrogen and oxygen atoms in total. The second kappa shape index (κ2) is 8.45. The van der Waals surface area contributed by atoms with Crippen LogP contribution in [0.5, 0.6) is 0 Å². The second-order valence-electron chi connectivity index (χ2n) is 10.4. The summed E-state index contributed by atoms with van der Waals surface area (Å²) in [6.07, 6.45) is 7.85. The van der Waals surface area contributed by atoms with Crippen LogP contribution in [0.25, 0.3) is 0 Å². The summed E-state index contributed by atoms with van der Waals surface area (Å²) in [7, 11) is -3.55. The zero-order chi connectivity index (χ0) is 22.3. The van der Waals surface area contributed by atoms with Crippen molar-refractivity contribution in [2.75, 3.05) is 32.8 Å². The van der Waals surface area contributed by atoms with Gasteiger partial charge in [0.1, 0.15) is 0 Å².